The Morgan fingerprint density at radius 1 is 1.62 bits per heavy atom. The van der Waals surface area contributed by atoms with Crippen LogP contribution in [0.25, 0.3) is 0 Å². The van der Waals surface area contributed by atoms with Crippen molar-refractivity contribution in [3.05, 3.63) is 21.8 Å². The molecule has 0 bridgehead atoms. The van der Waals surface area contributed by atoms with E-state index in [1.54, 1.807) is 0 Å². The fraction of sp³-hybridized carbons (Fsp3) is 0. The minimum Gasteiger partial charge on any atom is -0.183 e. The van der Waals surface area contributed by atoms with Gasteiger partial charge in [-0.1, -0.05) is 0 Å². The molecule has 1 rings (SSSR count). The molecule has 0 amide bonds. The third-order valence-electron chi connectivity index (χ3n) is 0.591. The third-order valence-corrected chi connectivity index (χ3v) is 1.18. The zero-order valence-corrected chi connectivity index (χ0v) is 5.96. The average molecular weight is 224 g/mol. The number of hydrogen-bond acceptors (Lipinski definition) is 2. The lowest BCUT2D eigenvalue weighted by Crippen LogP contribution is -1.85. The van der Waals surface area contributed by atoms with Gasteiger partial charge in [0.15, 0.2) is 0 Å². The van der Waals surface area contributed by atoms with Crippen LogP contribution in [0.5, 0.6) is 0 Å². The zero-order chi connectivity index (χ0) is 5.98. The van der Waals surface area contributed by atoms with Gasteiger partial charge in [-0.3, -0.25) is 0 Å². The second-order valence-corrected chi connectivity index (χ2v) is 2.44. The lowest BCUT2D eigenvalue weighted by molar-refractivity contribution is 0.561. The maximum Gasteiger partial charge on any atom is 0.234 e. The van der Waals surface area contributed by atoms with Crippen molar-refractivity contribution in [2.45, 2.75) is 0 Å². The predicted molar refractivity (Wildman–Crippen MR) is 34.7 cm³/mol. The van der Waals surface area contributed by atoms with Gasteiger partial charge in [0.2, 0.25) is 5.95 Å². The highest BCUT2D eigenvalue weighted by atomic mass is 127. The fourth-order valence-electron chi connectivity index (χ4n) is 0.319. The summed E-state index contributed by atoms with van der Waals surface area (Å²) in [5.74, 6) is -0.531. The van der Waals surface area contributed by atoms with E-state index in [2.05, 4.69) is 10.2 Å². The van der Waals surface area contributed by atoms with Crippen molar-refractivity contribution in [1.82, 2.24) is 10.2 Å². The Morgan fingerprint density at radius 3 is 2.75 bits per heavy atom. The first-order valence-electron chi connectivity index (χ1n) is 1.93. The van der Waals surface area contributed by atoms with Gasteiger partial charge >= 0.3 is 0 Å². The van der Waals surface area contributed by atoms with E-state index in [0.717, 1.165) is 3.57 Å². The standard InChI is InChI=1S/C4H2FIN2/c5-4-1-3(6)2-7-8-4/h1-2H. The van der Waals surface area contributed by atoms with Gasteiger partial charge in [0, 0.05) is 9.64 Å². The second kappa shape index (κ2) is 2.34. The van der Waals surface area contributed by atoms with Crippen LogP contribution in [0, 0.1) is 9.52 Å². The van der Waals surface area contributed by atoms with Crippen molar-refractivity contribution in [3.8, 4) is 0 Å². The van der Waals surface area contributed by atoms with E-state index in [9.17, 15) is 4.39 Å². The van der Waals surface area contributed by atoms with Gasteiger partial charge in [0.1, 0.15) is 0 Å². The normalized spacial score (nSPS) is 9.25. The van der Waals surface area contributed by atoms with Crippen LogP contribution in [0.15, 0.2) is 12.3 Å². The number of halogens is 2. The van der Waals surface area contributed by atoms with E-state index in [0.29, 0.717) is 0 Å². The maximum atomic E-state index is 12.0. The minimum atomic E-state index is -0.531. The van der Waals surface area contributed by atoms with E-state index in [4.69, 9.17) is 0 Å². The quantitative estimate of drug-likeness (QED) is 0.619. The van der Waals surface area contributed by atoms with Crippen LogP contribution in [-0.2, 0) is 0 Å². The summed E-state index contributed by atoms with van der Waals surface area (Å²) >= 11 is 1.96. The number of rotatable bonds is 0. The fourth-order valence-corrected chi connectivity index (χ4v) is 0.701. The van der Waals surface area contributed by atoms with Gasteiger partial charge in [0.25, 0.3) is 0 Å². The van der Waals surface area contributed by atoms with Gasteiger partial charge in [0.05, 0.1) is 6.20 Å². The molecule has 4 heteroatoms. The minimum absolute atomic E-state index is 0.531. The first-order chi connectivity index (χ1) is 3.79. The van der Waals surface area contributed by atoms with E-state index in [1.807, 2.05) is 22.6 Å². The summed E-state index contributed by atoms with van der Waals surface area (Å²) in [5.41, 5.74) is 0. The largest absolute Gasteiger partial charge is 0.234 e. The van der Waals surface area contributed by atoms with Crippen molar-refractivity contribution < 1.29 is 4.39 Å². The molecule has 0 radical (unpaired) electrons. The molecule has 0 aromatic carbocycles. The third kappa shape index (κ3) is 1.36. The molecule has 0 N–H and O–H groups in total. The van der Waals surface area contributed by atoms with E-state index in [-0.39, 0.29) is 0 Å². The molecule has 0 unspecified atom stereocenters. The highest BCUT2D eigenvalue weighted by Gasteiger charge is 1.89. The SMILES string of the molecule is Fc1cc(I)cnn1. The smallest absolute Gasteiger partial charge is 0.183 e. The summed E-state index contributed by atoms with van der Waals surface area (Å²) < 4.78 is 12.7. The summed E-state index contributed by atoms with van der Waals surface area (Å²) in [7, 11) is 0. The van der Waals surface area contributed by atoms with Gasteiger partial charge in [-0.2, -0.15) is 9.49 Å². The van der Waals surface area contributed by atoms with Crippen molar-refractivity contribution >= 4 is 22.6 Å². The van der Waals surface area contributed by atoms with Gasteiger partial charge in [-0.05, 0) is 22.6 Å². The van der Waals surface area contributed by atoms with Gasteiger partial charge < -0.3 is 0 Å². The molecule has 1 heterocycles. The topological polar surface area (TPSA) is 25.8 Å². The van der Waals surface area contributed by atoms with Crippen LogP contribution in [0.4, 0.5) is 4.39 Å². The molecule has 0 saturated heterocycles. The van der Waals surface area contributed by atoms with Crippen LogP contribution in [0.1, 0.15) is 0 Å². The molecule has 0 aliphatic carbocycles. The van der Waals surface area contributed by atoms with E-state index in [1.165, 1.54) is 12.3 Å². The Kier molecular flexibility index (Phi) is 1.72. The lowest BCUT2D eigenvalue weighted by Gasteiger charge is -1.83. The molecule has 0 saturated carbocycles. The molecule has 0 spiro atoms. The second-order valence-electron chi connectivity index (χ2n) is 1.20. The molecule has 8 heavy (non-hydrogen) atoms. The molecule has 0 atom stereocenters. The molecule has 2 nitrogen and oxygen atoms in total. The van der Waals surface area contributed by atoms with Crippen LogP contribution < -0.4 is 0 Å². The van der Waals surface area contributed by atoms with Crippen molar-refractivity contribution in [3.63, 3.8) is 0 Å². The molecular formula is C4H2FIN2. The number of nitrogens with zero attached hydrogens (tertiary/aromatic N) is 2. The molecular weight excluding hydrogens is 222 g/mol. The molecule has 0 aliphatic rings. The Hall–Kier alpha value is -0.260. The van der Waals surface area contributed by atoms with Crippen LogP contribution >= 0.6 is 22.6 Å². The first kappa shape index (κ1) is 5.87. The first-order valence-corrected chi connectivity index (χ1v) is 3.00. The Bertz CT molecular complexity index is 174. The Morgan fingerprint density at radius 2 is 2.38 bits per heavy atom. The average Bonchev–Trinajstić information content (AvgIpc) is 1.64. The lowest BCUT2D eigenvalue weighted by atomic mass is 10.6. The van der Waals surface area contributed by atoms with Crippen LogP contribution in [-0.4, -0.2) is 10.2 Å². The maximum absolute atomic E-state index is 12.0. The van der Waals surface area contributed by atoms with Crippen molar-refractivity contribution in [2.24, 2.45) is 0 Å². The van der Waals surface area contributed by atoms with Crippen molar-refractivity contribution in [1.29, 1.82) is 0 Å². The molecule has 42 valence electrons. The van der Waals surface area contributed by atoms with Crippen LogP contribution in [0.2, 0.25) is 0 Å². The summed E-state index contributed by atoms with van der Waals surface area (Å²) in [6, 6.07) is 1.31. The summed E-state index contributed by atoms with van der Waals surface area (Å²) in [4.78, 5) is 0. The van der Waals surface area contributed by atoms with Crippen LogP contribution in [0.3, 0.4) is 0 Å². The zero-order valence-electron chi connectivity index (χ0n) is 3.81. The van der Waals surface area contributed by atoms with E-state index >= 15 is 0 Å². The molecule has 1 aromatic rings. The molecule has 1 aromatic heterocycles. The number of hydrogen-bond donors (Lipinski definition) is 0. The van der Waals surface area contributed by atoms with Crippen molar-refractivity contribution in [2.75, 3.05) is 0 Å². The summed E-state index contributed by atoms with van der Waals surface area (Å²) in [5, 5.41) is 6.47. The Balaban J connectivity index is 3.08. The van der Waals surface area contributed by atoms with Gasteiger partial charge in [-0.25, -0.2) is 0 Å². The highest BCUT2D eigenvalue weighted by Crippen LogP contribution is 1.99. The molecule has 0 aliphatic heterocycles. The monoisotopic (exact) mass is 224 g/mol. The highest BCUT2D eigenvalue weighted by molar-refractivity contribution is 14.1. The summed E-state index contributed by atoms with van der Waals surface area (Å²) in [6.45, 7) is 0. The summed E-state index contributed by atoms with van der Waals surface area (Å²) in [6.07, 6.45) is 1.49. The number of aromatic nitrogens is 2. The predicted octanol–water partition coefficient (Wildman–Crippen LogP) is 1.22. The van der Waals surface area contributed by atoms with Gasteiger partial charge in [-0.15, -0.1) is 5.10 Å². The van der Waals surface area contributed by atoms with E-state index < -0.39 is 5.95 Å². The molecule has 0 fully saturated rings. The Labute approximate surface area is 59.3 Å².